The number of fused-ring (bicyclic) bond motifs is 2. The number of rotatable bonds is 3. The number of nitrogens with zero attached hydrogens (tertiary/aromatic N) is 2. The summed E-state index contributed by atoms with van der Waals surface area (Å²) in [6.45, 7) is 12.8. The van der Waals surface area contributed by atoms with E-state index in [1.807, 2.05) is 59.7 Å². The Hall–Kier alpha value is -2.57. The second kappa shape index (κ2) is 6.47. The zero-order valence-corrected chi connectivity index (χ0v) is 18.0. The highest BCUT2D eigenvalue weighted by molar-refractivity contribution is 5.87. The van der Waals surface area contributed by atoms with E-state index in [0.29, 0.717) is 13.1 Å². The molecule has 2 aliphatic rings. The molecule has 1 aliphatic heterocycles. The third kappa shape index (κ3) is 3.58. The molecule has 1 aromatic heterocycles. The van der Waals surface area contributed by atoms with Gasteiger partial charge in [0.2, 0.25) is 5.91 Å². The number of piperidine rings is 1. The number of aryl methyl sites for hydroxylation is 1. The van der Waals surface area contributed by atoms with E-state index in [9.17, 15) is 9.59 Å². The van der Waals surface area contributed by atoms with E-state index in [2.05, 4.69) is 15.5 Å². The monoisotopic (exact) mass is 398 g/mol. The number of hydrogen-bond acceptors (Lipinski definition) is 4. The van der Waals surface area contributed by atoms with E-state index in [4.69, 9.17) is 4.74 Å². The first-order valence-electron chi connectivity index (χ1n) is 10.2. The minimum atomic E-state index is -0.568. The largest absolute Gasteiger partial charge is 0.444 e. The van der Waals surface area contributed by atoms with Gasteiger partial charge in [-0.15, -0.1) is 0 Å². The molecule has 1 saturated carbocycles. The molecule has 0 spiro atoms. The molecule has 2 aromatic rings. The molecule has 0 radical (unpaired) electrons. The fourth-order valence-corrected chi connectivity index (χ4v) is 4.50. The number of para-hydroxylation sites is 1. The van der Waals surface area contributed by atoms with Gasteiger partial charge in [0.15, 0.2) is 0 Å². The SMILES string of the molecule is Cc1cccc2c(C(C)(C)NC(=O)C3C4CN(C(=O)OC(C)(C)C)CC43)[nH]nc12. The average molecular weight is 399 g/mol. The summed E-state index contributed by atoms with van der Waals surface area (Å²) in [5.41, 5.74) is 1.87. The number of hydrogen-bond donors (Lipinski definition) is 2. The van der Waals surface area contributed by atoms with Gasteiger partial charge in [-0.3, -0.25) is 9.89 Å². The van der Waals surface area contributed by atoms with Crippen LogP contribution in [0.5, 0.6) is 0 Å². The number of H-pyrrole nitrogens is 1. The third-order valence-electron chi connectivity index (χ3n) is 6.00. The van der Waals surface area contributed by atoms with Gasteiger partial charge >= 0.3 is 6.09 Å². The Morgan fingerprint density at radius 3 is 2.45 bits per heavy atom. The van der Waals surface area contributed by atoms with E-state index in [-0.39, 0.29) is 29.8 Å². The van der Waals surface area contributed by atoms with Crippen molar-refractivity contribution >= 4 is 22.9 Å². The summed E-state index contributed by atoms with van der Waals surface area (Å²) in [5.74, 6) is 0.450. The fraction of sp³-hybridized carbons (Fsp3) is 0.591. The lowest BCUT2D eigenvalue weighted by Crippen LogP contribution is -2.44. The Balaban J connectivity index is 1.40. The number of aromatic nitrogens is 2. The first-order valence-corrected chi connectivity index (χ1v) is 10.2. The van der Waals surface area contributed by atoms with E-state index in [1.165, 1.54) is 0 Å². The second-order valence-corrected chi connectivity index (χ2v) is 9.92. The van der Waals surface area contributed by atoms with Gasteiger partial charge in [0.25, 0.3) is 0 Å². The van der Waals surface area contributed by atoms with E-state index in [1.54, 1.807) is 4.90 Å². The molecule has 156 valence electrons. The molecule has 2 amide bonds. The molecular weight excluding hydrogens is 368 g/mol. The molecule has 1 saturated heterocycles. The van der Waals surface area contributed by atoms with Crippen molar-refractivity contribution in [2.24, 2.45) is 17.8 Å². The lowest BCUT2D eigenvalue weighted by atomic mass is 9.96. The summed E-state index contributed by atoms with van der Waals surface area (Å²) < 4.78 is 5.44. The van der Waals surface area contributed by atoms with Crippen molar-refractivity contribution in [3.05, 3.63) is 29.5 Å². The molecule has 1 aromatic carbocycles. The average Bonchev–Trinajstić information content (AvgIpc) is 2.96. The van der Waals surface area contributed by atoms with Crippen molar-refractivity contribution < 1.29 is 14.3 Å². The van der Waals surface area contributed by atoms with Crippen molar-refractivity contribution in [1.29, 1.82) is 0 Å². The van der Waals surface area contributed by atoms with Gasteiger partial charge in [0.05, 0.1) is 16.7 Å². The van der Waals surface area contributed by atoms with Gasteiger partial charge in [0, 0.05) is 24.4 Å². The van der Waals surface area contributed by atoms with Crippen LogP contribution in [0.25, 0.3) is 10.9 Å². The van der Waals surface area contributed by atoms with Crippen LogP contribution in [0.15, 0.2) is 18.2 Å². The van der Waals surface area contributed by atoms with Crippen LogP contribution < -0.4 is 5.32 Å². The van der Waals surface area contributed by atoms with E-state index in [0.717, 1.165) is 22.2 Å². The van der Waals surface area contributed by atoms with Crippen LogP contribution in [0.3, 0.4) is 0 Å². The van der Waals surface area contributed by atoms with E-state index < -0.39 is 11.1 Å². The molecule has 2 atom stereocenters. The van der Waals surface area contributed by atoms with Crippen molar-refractivity contribution in [3.63, 3.8) is 0 Å². The number of amides is 2. The van der Waals surface area contributed by atoms with Gasteiger partial charge in [-0.25, -0.2) is 4.79 Å². The van der Waals surface area contributed by atoms with Crippen LogP contribution in [0.4, 0.5) is 4.79 Å². The van der Waals surface area contributed by atoms with Crippen LogP contribution in [0, 0.1) is 24.7 Å². The van der Waals surface area contributed by atoms with Crippen molar-refractivity contribution in [1.82, 2.24) is 20.4 Å². The summed E-state index contributed by atoms with van der Waals surface area (Å²) in [6, 6.07) is 6.06. The molecule has 7 heteroatoms. The summed E-state index contributed by atoms with van der Waals surface area (Å²) in [6.07, 6.45) is -0.288. The first kappa shape index (κ1) is 19.7. The Labute approximate surface area is 171 Å². The predicted molar refractivity (Wildman–Crippen MR) is 110 cm³/mol. The highest BCUT2D eigenvalue weighted by atomic mass is 16.6. The Kier molecular flexibility index (Phi) is 4.40. The molecule has 2 N–H and O–H groups in total. The highest BCUT2D eigenvalue weighted by Crippen LogP contribution is 2.52. The highest BCUT2D eigenvalue weighted by Gasteiger charge is 2.61. The van der Waals surface area contributed by atoms with E-state index >= 15 is 0 Å². The number of carbonyl (C=O) groups excluding carboxylic acids is 2. The molecule has 29 heavy (non-hydrogen) atoms. The van der Waals surface area contributed by atoms with Gasteiger partial charge in [-0.1, -0.05) is 18.2 Å². The van der Waals surface area contributed by atoms with Crippen LogP contribution >= 0.6 is 0 Å². The number of aromatic amines is 1. The number of ether oxygens (including phenoxy) is 1. The topological polar surface area (TPSA) is 87.3 Å². The van der Waals surface area contributed by atoms with Crippen molar-refractivity contribution in [3.8, 4) is 0 Å². The van der Waals surface area contributed by atoms with Crippen LogP contribution in [-0.2, 0) is 15.1 Å². The first-order chi connectivity index (χ1) is 13.5. The normalized spacial score (nSPS) is 23.8. The maximum Gasteiger partial charge on any atom is 0.410 e. The van der Waals surface area contributed by atoms with Crippen LogP contribution in [0.2, 0.25) is 0 Å². The van der Waals surface area contributed by atoms with Gasteiger partial charge < -0.3 is 15.0 Å². The third-order valence-corrected chi connectivity index (χ3v) is 6.00. The molecule has 1 aliphatic carbocycles. The van der Waals surface area contributed by atoms with Gasteiger partial charge in [-0.2, -0.15) is 5.10 Å². The standard InChI is InChI=1S/C22H30N4O3/c1-12-8-7-9-13-17(12)24-25-18(13)22(5,6)23-19(27)16-14-10-26(11-15(14)16)20(28)29-21(2,3)4/h7-9,14-16H,10-11H2,1-6H3,(H,23,27)(H,24,25). The number of benzene rings is 1. The fourth-order valence-electron chi connectivity index (χ4n) is 4.50. The second-order valence-electron chi connectivity index (χ2n) is 9.92. The molecular formula is C22H30N4O3. The molecule has 4 rings (SSSR count). The Morgan fingerprint density at radius 1 is 1.17 bits per heavy atom. The Morgan fingerprint density at radius 2 is 1.83 bits per heavy atom. The molecule has 7 nitrogen and oxygen atoms in total. The van der Waals surface area contributed by atoms with Crippen molar-refractivity contribution in [2.45, 2.75) is 52.7 Å². The number of carbonyl (C=O) groups is 2. The summed E-state index contributed by atoms with van der Waals surface area (Å²) in [5, 5.41) is 11.8. The molecule has 0 bridgehead atoms. The minimum Gasteiger partial charge on any atom is -0.444 e. The minimum absolute atomic E-state index is 0.0381. The smallest absolute Gasteiger partial charge is 0.410 e. The molecule has 2 heterocycles. The lowest BCUT2D eigenvalue weighted by molar-refractivity contribution is -0.125. The Bertz CT molecular complexity index is 960. The predicted octanol–water partition coefficient (Wildman–Crippen LogP) is 3.34. The quantitative estimate of drug-likeness (QED) is 0.830. The van der Waals surface area contributed by atoms with Gasteiger partial charge in [0.1, 0.15) is 5.60 Å². The zero-order valence-electron chi connectivity index (χ0n) is 18.0. The van der Waals surface area contributed by atoms with Crippen LogP contribution in [-0.4, -0.2) is 45.8 Å². The maximum absolute atomic E-state index is 13.0. The van der Waals surface area contributed by atoms with Crippen LogP contribution in [0.1, 0.15) is 45.9 Å². The van der Waals surface area contributed by atoms with Crippen molar-refractivity contribution in [2.75, 3.05) is 13.1 Å². The maximum atomic E-state index is 13.0. The summed E-state index contributed by atoms with van der Waals surface area (Å²) >= 11 is 0. The lowest BCUT2D eigenvalue weighted by Gasteiger charge is -2.28. The summed E-state index contributed by atoms with van der Waals surface area (Å²) in [4.78, 5) is 26.9. The molecule has 2 unspecified atom stereocenters. The number of nitrogens with one attached hydrogen (secondary N) is 2. The molecule has 2 fully saturated rings. The van der Waals surface area contributed by atoms with Gasteiger partial charge in [-0.05, 0) is 58.9 Å². The zero-order chi connectivity index (χ0) is 21.1. The number of likely N-dealkylation sites (tertiary alicyclic amines) is 1. The summed E-state index contributed by atoms with van der Waals surface area (Å²) in [7, 11) is 0.